The molecule has 1 fully saturated rings. The Balaban J connectivity index is 1.99. The number of hydrogen-bond acceptors (Lipinski definition) is 2. The maximum absolute atomic E-state index is 5.86. The predicted octanol–water partition coefficient (Wildman–Crippen LogP) is 2.16. The summed E-state index contributed by atoms with van der Waals surface area (Å²) in [5.41, 5.74) is 1.41. The summed E-state index contributed by atoms with van der Waals surface area (Å²) in [6.45, 7) is 1.81. The third kappa shape index (κ3) is 1.63. The van der Waals surface area contributed by atoms with Crippen LogP contribution in [0.15, 0.2) is 35.6 Å². The standard InChI is InChI=1S/C13H17NO/c1-2-6-11-10(4-1)5-3-7-12-13(11)15-9-8-14-12/h1-2,4,6,10,12,14H,3,5,7-9H2. The van der Waals surface area contributed by atoms with Crippen LogP contribution >= 0.6 is 0 Å². The summed E-state index contributed by atoms with van der Waals surface area (Å²) >= 11 is 0. The van der Waals surface area contributed by atoms with Crippen LogP contribution in [0.25, 0.3) is 0 Å². The van der Waals surface area contributed by atoms with Crippen molar-refractivity contribution in [2.45, 2.75) is 25.3 Å². The lowest BCUT2D eigenvalue weighted by molar-refractivity contribution is 0.143. The van der Waals surface area contributed by atoms with Gasteiger partial charge in [0.25, 0.3) is 0 Å². The quantitative estimate of drug-likeness (QED) is 0.651. The molecule has 15 heavy (non-hydrogen) atoms. The Hall–Kier alpha value is -1.02. The van der Waals surface area contributed by atoms with Crippen LogP contribution in [0.3, 0.4) is 0 Å². The van der Waals surface area contributed by atoms with Gasteiger partial charge in [0.15, 0.2) is 0 Å². The Morgan fingerprint density at radius 3 is 3.27 bits per heavy atom. The maximum atomic E-state index is 5.86. The molecule has 0 spiro atoms. The molecule has 3 rings (SSSR count). The second kappa shape index (κ2) is 3.86. The number of ether oxygens (including phenoxy) is 1. The number of nitrogens with one attached hydrogen (secondary N) is 1. The van der Waals surface area contributed by atoms with Gasteiger partial charge in [-0.15, -0.1) is 0 Å². The summed E-state index contributed by atoms with van der Waals surface area (Å²) in [6, 6.07) is 0.467. The summed E-state index contributed by atoms with van der Waals surface area (Å²) in [5.74, 6) is 1.80. The van der Waals surface area contributed by atoms with Gasteiger partial charge >= 0.3 is 0 Å². The van der Waals surface area contributed by atoms with E-state index in [4.69, 9.17) is 4.74 Å². The maximum Gasteiger partial charge on any atom is 0.117 e. The van der Waals surface area contributed by atoms with Gasteiger partial charge in [-0.05, 0) is 18.4 Å². The van der Waals surface area contributed by atoms with Crippen molar-refractivity contribution in [1.82, 2.24) is 5.32 Å². The Bertz CT molecular complexity index is 340. The highest BCUT2D eigenvalue weighted by Crippen LogP contribution is 2.34. The van der Waals surface area contributed by atoms with Crippen LogP contribution < -0.4 is 5.32 Å². The third-order valence-electron chi connectivity index (χ3n) is 3.49. The molecule has 0 aromatic rings. The monoisotopic (exact) mass is 203 g/mol. The third-order valence-corrected chi connectivity index (χ3v) is 3.49. The van der Waals surface area contributed by atoms with Crippen molar-refractivity contribution in [2.24, 2.45) is 5.92 Å². The number of rotatable bonds is 0. The van der Waals surface area contributed by atoms with E-state index >= 15 is 0 Å². The van der Waals surface area contributed by atoms with Gasteiger partial charge in [0.2, 0.25) is 0 Å². The highest BCUT2D eigenvalue weighted by molar-refractivity contribution is 5.37. The molecule has 0 bridgehead atoms. The molecule has 2 nitrogen and oxygen atoms in total. The highest BCUT2D eigenvalue weighted by Gasteiger charge is 2.28. The van der Waals surface area contributed by atoms with Gasteiger partial charge in [0, 0.05) is 12.5 Å². The first-order valence-corrected chi connectivity index (χ1v) is 5.90. The van der Waals surface area contributed by atoms with Gasteiger partial charge in [-0.3, -0.25) is 0 Å². The SMILES string of the molecule is C1=CC2=C3OCCNC3CCCC2C=C1. The summed E-state index contributed by atoms with van der Waals surface area (Å²) in [4.78, 5) is 0. The highest BCUT2D eigenvalue weighted by atomic mass is 16.5. The Labute approximate surface area is 90.7 Å². The lowest BCUT2D eigenvalue weighted by Crippen LogP contribution is -2.39. The Morgan fingerprint density at radius 1 is 1.27 bits per heavy atom. The van der Waals surface area contributed by atoms with Crippen LogP contribution in [0.2, 0.25) is 0 Å². The smallest absolute Gasteiger partial charge is 0.117 e. The van der Waals surface area contributed by atoms with Crippen LogP contribution in [-0.4, -0.2) is 19.2 Å². The van der Waals surface area contributed by atoms with E-state index in [2.05, 4.69) is 29.6 Å². The molecule has 0 saturated carbocycles. The molecule has 1 aliphatic heterocycles. The Kier molecular flexibility index (Phi) is 2.37. The first-order chi connectivity index (χ1) is 7.45. The summed E-state index contributed by atoms with van der Waals surface area (Å²) in [5, 5.41) is 3.55. The van der Waals surface area contributed by atoms with Crippen LogP contribution in [0, 0.1) is 5.92 Å². The predicted molar refractivity (Wildman–Crippen MR) is 60.4 cm³/mol. The topological polar surface area (TPSA) is 21.3 Å². The van der Waals surface area contributed by atoms with Crippen molar-refractivity contribution in [3.05, 3.63) is 35.6 Å². The van der Waals surface area contributed by atoms with E-state index in [1.54, 1.807) is 0 Å². The molecular formula is C13H17NO. The van der Waals surface area contributed by atoms with Crippen molar-refractivity contribution in [1.29, 1.82) is 0 Å². The first-order valence-electron chi connectivity index (χ1n) is 5.90. The molecule has 0 aromatic carbocycles. The van der Waals surface area contributed by atoms with Gasteiger partial charge in [-0.25, -0.2) is 0 Å². The molecule has 0 aromatic heterocycles. The number of allylic oxidation sites excluding steroid dienone is 5. The van der Waals surface area contributed by atoms with Gasteiger partial charge in [0.05, 0.1) is 6.04 Å². The van der Waals surface area contributed by atoms with Crippen molar-refractivity contribution < 1.29 is 4.74 Å². The molecule has 2 atom stereocenters. The molecule has 1 heterocycles. The van der Waals surface area contributed by atoms with Crippen LogP contribution in [-0.2, 0) is 4.74 Å². The fraction of sp³-hybridized carbons (Fsp3) is 0.538. The number of hydrogen-bond donors (Lipinski definition) is 1. The molecule has 3 aliphatic rings. The van der Waals surface area contributed by atoms with Gasteiger partial charge in [-0.1, -0.05) is 30.7 Å². The number of morpholine rings is 1. The van der Waals surface area contributed by atoms with Gasteiger partial charge in [-0.2, -0.15) is 0 Å². The lowest BCUT2D eigenvalue weighted by Gasteiger charge is -2.28. The molecule has 1 saturated heterocycles. The fourth-order valence-corrected chi connectivity index (χ4v) is 2.75. The van der Waals surface area contributed by atoms with Crippen molar-refractivity contribution >= 4 is 0 Å². The zero-order chi connectivity index (χ0) is 10.1. The van der Waals surface area contributed by atoms with Crippen molar-refractivity contribution in [3.8, 4) is 0 Å². The van der Waals surface area contributed by atoms with Gasteiger partial charge in [0.1, 0.15) is 12.4 Å². The summed E-state index contributed by atoms with van der Waals surface area (Å²) in [7, 11) is 0. The average Bonchev–Trinajstić information content (AvgIpc) is 2.48. The molecule has 1 N–H and O–H groups in total. The van der Waals surface area contributed by atoms with E-state index in [-0.39, 0.29) is 0 Å². The number of fused-ring (bicyclic) bond motifs is 2. The zero-order valence-corrected chi connectivity index (χ0v) is 8.91. The van der Waals surface area contributed by atoms with Crippen LogP contribution in [0.5, 0.6) is 0 Å². The molecule has 2 aliphatic carbocycles. The van der Waals surface area contributed by atoms with E-state index in [1.165, 1.54) is 30.6 Å². The molecule has 0 amide bonds. The van der Waals surface area contributed by atoms with Gasteiger partial charge < -0.3 is 10.1 Å². The van der Waals surface area contributed by atoms with E-state index < -0.39 is 0 Å². The van der Waals surface area contributed by atoms with Crippen LogP contribution in [0.1, 0.15) is 19.3 Å². The molecule has 0 radical (unpaired) electrons. The van der Waals surface area contributed by atoms with E-state index in [9.17, 15) is 0 Å². The average molecular weight is 203 g/mol. The molecular weight excluding hydrogens is 186 g/mol. The van der Waals surface area contributed by atoms with E-state index in [0.717, 1.165) is 13.2 Å². The second-order valence-electron chi connectivity index (χ2n) is 4.46. The second-order valence-corrected chi connectivity index (χ2v) is 4.46. The molecule has 2 heteroatoms. The van der Waals surface area contributed by atoms with E-state index in [1.807, 2.05) is 0 Å². The van der Waals surface area contributed by atoms with Crippen molar-refractivity contribution in [3.63, 3.8) is 0 Å². The lowest BCUT2D eigenvalue weighted by atomic mass is 9.91. The van der Waals surface area contributed by atoms with E-state index in [0.29, 0.717) is 12.0 Å². The molecule has 80 valence electrons. The zero-order valence-electron chi connectivity index (χ0n) is 8.91. The Morgan fingerprint density at radius 2 is 2.27 bits per heavy atom. The van der Waals surface area contributed by atoms with Crippen molar-refractivity contribution in [2.75, 3.05) is 13.2 Å². The minimum absolute atomic E-state index is 0.467. The molecule has 2 unspecified atom stereocenters. The minimum Gasteiger partial charge on any atom is -0.495 e. The fourth-order valence-electron chi connectivity index (χ4n) is 2.75. The summed E-state index contributed by atoms with van der Waals surface area (Å²) < 4.78 is 5.86. The normalized spacial score (nSPS) is 34.1. The first kappa shape index (κ1) is 9.22. The van der Waals surface area contributed by atoms with Crippen LogP contribution in [0.4, 0.5) is 0 Å². The summed E-state index contributed by atoms with van der Waals surface area (Å²) in [6.07, 6.45) is 12.6. The minimum atomic E-state index is 0.467. The largest absolute Gasteiger partial charge is 0.495 e.